The molecule has 2 unspecified atom stereocenters. The van der Waals surface area contributed by atoms with Crippen LogP contribution in [0, 0.1) is 39.4 Å². The molecule has 212 valence electrons. The zero-order chi connectivity index (χ0) is 29.9. The van der Waals surface area contributed by atoms with Crippen molar-refractivity contribution in [1.82, 2.24) is 15.2 Å². The first-order valence-electron chi connectivity index (χ1n) is 12.9. The first-order valence-corrected chi connectivity index (χ1v) is 13.3. The minimum absolute atomic E-state index is 0.109. The lowest BCUT2D eigenvalue weighted by atomic mass is 9.84. The van der Waals surface area contributed by atoms with E-state index in [2.05, 4.69) is 98.9 Å². The summed E-state index contributed by atoms with van der Waals surface area (Å²) in [6.45, 7) is 20.7. The zero-order valence-electron chi connectivity index (χ0n) is 24.7. The van der Waals surface area contributed by atoms with Crippen molar-refractivity contribution in [3.05, 3.63) is 88.9 Å². The number of allylic oxidation sites excluding steroid dienone is 1. The van der Waals surface area contributed by atoms with Crippen molar-refractivity contribution in [3.63, 3.8) is 0 Å². The van der Waals surface area contributed by atoms with Gasteiger partial charge in [0.25, 0.3) is 0 Å². The van der Waals surface area contributed by atoms with Crippen LogP contribution < -0.4 is 10.3 Å². The number of benzene rings is 2. The highest BCUT2D eigenvalue weighted by molar-refractivity contribution is 6.30. The maximum atomic E-state index is 15.2. The third-order valence-electron chi connectivity index (χ3n) is 6.95. The van der Waals surface area contributed by atoms with E-state index in [0.29, 0.717) is 18.1 Å². The van der Waals surface area contributed by atoms with Gasteiger partial charge in [-0.1, -0.05) is 37.2 Å². The van der Waals surface area contributed by atoms with Gasteiger partial charge < -0.3 is 9.80 Å². The minimum Gasteiger partial charge on any atom is -0.357 e. The molecule has 0 spiro atoms. The maximum absolute atomic E-state index is 15.2. The smallest absolute Gasteiger partial charge is 0.127 e. The van der Waals surface area contributed by atoms with Crippen LogP contribution in [0.5, 0.6) is 0 Å². The molecule has 0 saturated carbocycles. The summed E-state index contributed by atoms with van der Waals surface area (Å²) in [5.41, 5.74) is 9.97. The van der Waals surface area contributed by atoms with Crippen molar-refractivity contribution in [2.75, 3.05) is 45.8 Å². The number of hydrogen-bond acceptors (Lipinski definition) is 5. The Morgan fingerprint density at radius 3 is 2.23 bits per heavy atom. The maximum Gasteiger partial charge on any atom is 0.127 e. The van der Waals surface area contributed by atoms with Crippen LogP contribution in [0.1, 0.15) is 41.5 Å². The van der Waals surface area contributed by atoms with Gasteiger partial charge in [-0.15, -0.1) is 26.0 Å². The van der Waals surface area contributed by atoms with Gasteiger partial charge in [0.1, 0.15) is 5.82 Å². The molecule has 2 aromatic rings. The lowest BCUT2D eigenvalue weighted by Gasteiger charge is -2.38. The lowest BCUT2D eigenvalue weighted by molar-refractivity contribution is 0.262. The van der Waals surface area contributed by atoms with Crippen LogP contribution in [0.3, 0.4) is 0 Å². The molecule has 0 aromatic heterocycles. The van der Waals surface area contributed by atoms with Crippen molar-refractivity contribution in [1.29, 1.82) is 0 Å². The number of hydrogen-bond donors (Lipinski definition) is 1. The van der Waals surface area contributed by atoms with E-state index >= 15 is 4.39 Å². The summed E-state index contributed by atoms with van der Waals surface area (Å²) in [6.07, 6.45) is 8.65. The Bertz CT molecular complexity index is 1160. The second-order valence-corrected chi connectivity index (χ2v) is 10.5. The summed E-state index contributed by atoms with van der Waals surface area (Å²) in [5.74, 6) is -0.276. The lowest BCUT2D eigenvalue weighted by Crippen LogP contribution is -2.49. The molecule has 39 heavy (non-hydrogen) atoms. The van der Waals surface area contributed by atoms with E-state index in [-0.39, 0.29) is 17.8 Å². The number of halogens is 2. The molecule has 0 fully saturated rings. The highest BCUT2D eigenvalue weighted by Gasteiger charge is 2.34. The molecular formula is C32H45ClFN5. The van der Waals surface area contributed by atoms with E-state index in [1.165, 1.54) is 5.56 Å². The fraction of sp³-hybridized carbons (Fsp3) is 0.406. The van der Waals surface area contributed by atoms with Gasteiger partial charge in [-0.2, -0.15) is 5.10 Å². The summed E-state index contributed by atoms with van der Waals surface area (Å²) in [7, 11) is 6.24. The van der Waals surface area contributed by atoms with Crippen LogP contribution in [-0.4, -0.2) is 62.5 Å². The zero-order valence-corrected chi connectivity index (χ0v) is 25.4. The summed E-state index contributed by atoms with van der Waals surface area (Å²) < 4.78 is 15.2. The summed E-state index contributed by atoms with van der Waals surface area (Å²) in [4.78, 5) is 6.80. The molecule has 2 atom stereocenters. The van der Waals surface area contributed by atoms with E-state index in [4.69, 9.17) is 11.6 Å². The van der Waals surface area contributed by atoms with Crippen LogP contribution in [-0.2, 0) is 0 Å². The van der Waals surface area contributed by atoms with Gasteiger partial charge in [0.05, 0.1) is 18.4 Å². The summed E-state index contributed by atoms with van der Waals surface area (Å²) in [5, 5.41) is 5.32. The third kappa shape index (κ3) is 8.96. The molecule has 0 bridgehead atoms. The topological polar surface area (TPSA) is 34.1 Å². The van der Waals surface area contributed by atoms with Gasteiger partial charge in [0.2, 0.25) is 0 Å². The predicted molar refractivity (Wildman–Crippen MR) is 168 cm³/mol. The van der Waals surface area contributed by atoms with Crippen molar-refractivity contribution in [2.45, 2.75) is 46.1 Å². The van der Waals surface area contributed by atoms with Crippen LogP contribution in [0.15, 0.2) is 60.9 Å². The second-order valence-electron chi connectivity index (χ2n) is 10.0. The van der Waals surface area contributed by atoms with Crippen molar-refractivity contribution in [3.8, 4) is 12.8 Å². The number of aryl methyl sites for hydroxylation is 2. The summed E-state index contributed by atoms with van der Waals surface area (Å²) in [6, 6.07) is 9.32. The molecule has 1 N–H and O–H groups in total. The Kier molecular flexibility index (Phi) is 14.0. The third-order valence-corrected chi connectivity index (χ3v) is 7.19. The number of nitrogens with zero attached hydrogens (tertiary/aromatic N) is 4. The first kappa shape index (κ1) is 33.9. The van der Waals surface area contributed by atoms with Crippen LogP contribution in [0.2, 0.25) is 5.02 Å². The molecule has 1 aliphatic rings. The van der Waals surface area contributed by atoms with Gasteiger partial charge >= 0.3 is 0 Å². The average molecular weight is 554 g/mol. The Morgan fingerprint density at radius 2 is 1.67 bits per heavy atom. The Balaban J connectivity index is 0.00000181. The summed E-state index contributed by atoms with van der Waals surface area (Å²) >= 11 is 6.39. The molecular weight excluding hydrogens is 509 g/mol. The number of rotatable bonds is 10. The normalized spacial score (nSPS) is 14.0. The Morgan fingerprint density at radius 1 is 1.05 bits per heavy atom. The number of terminal acetylenes is 1. The molecule has 1 aliphatic heterocycles. The number of anilines is 1. The molecule has 0 amide bonds. The molecule has 5 nitrogen and oxygen atoms in total. The highest BCUT2D eigenvalue weighted by Crippen LogP contribution is 2.33. The van der Waals surface area contributed by atoms with Gasteiger partial charge in [0.15, 0.2) is 0 Å². The Labute approximate surface area is 241 Å². The molecule has 1 heterocycles. The molecule has 2 aromatic carbocycles. The molecule has 0 aliphatic carbocycles. The van der Waals surface area contributed by atoms with E-state index in [9.17, 15) is 0 Å². The molecule has 3 rings (SSSR count). The number of likely N-dealkylation sites (N-methyl/N-ethyl adjacent to an activating group) is 2. The van der Waals surface area contributed by atoms with Crippen LogP contribution in [0.25, 0.3) is 0 Å². The fourth-order valence-corrected chi connectivity index (χ4v) is 5.10. The minimum atomic E-state index is -0.167. The fourth-order valence-electron chi connectivity index (χ4n) is 4.93. The second kappa shape index (κ2) is 16.1. The largest absolute Gasteiger partial charge is 0.357 e. The van der Waals surface area contributed by atoms with Gasteiger partial charge in [0, 0.05) is 41.8 Å². The average Bonchev–Trinajstić information content (AvgIpc) is 3.33. The SMILES string of the molecule is C#C.C=C.C=C1CC(C(C(C)c2c(F)ccc(C)c2C)N(C)CN(CCN(C)C)c2cc(Cl)ccc2C)=NN1. The Hall–Kier alpha value is -3.11. The number of hydrazone groups is 1. The van der Waals surface area contributed by atoms with E-state index in [1.807, 2.05) is 32.0 Å². The number of nitrogens with one attached hydrogen (secondary N) is 1. The van der Waals surface area contributed by atoms with Gasteiger partial charge in [-0.3, -0.25) is 10.3 Å². The van der Waals surface area contributed by atoms with E-state index < -0.39 is 0 Å². The molecule has 0 radical (unpaired) electrons. The van der Waals surface area contributed by atoms with E-state index in [1.54, 1.807) is 6.07 Å². The van der Waals surface area contributed by atoms with Crippen LogP contribution in [0.4, 0.5) is 10.1 Å². The quantitative estimate of drug-likeness (QED) is 0.200. The molecule has 7 heteroatoms. The van der Waals surface area contributed by atoms with Gasteiger partial charge in [-0.25, -0.2) is 4.39 Å². The monoisotopic (exact) mass is 553 g/mol. The van der Waals surface area contributed by atoms with Crippen molar-refractivity contribution >= 4 is 23.0 Å². The van der Waals surface area contributed by atoms with Crippen LogP contribution >= 0.6 is 11.6 Å². The van der Waals surface area contributed by atoms with Crippen molar-refractivity contribution in [2.24, 2.45) is 5.10 Å². The predicted octanol–water partition coefficient (Wildman–Crippen LogP) is 6.75. The first-order chi connectivity index (χ1) is 18.5. The van der Waals surface area contributed by atoms with Crippen molar-refractivity contribution < 1.29 is 4.39 Å². The van der Waals surface area contributed by atoms with E-state index in [0.717, 1.165) is 46.9 Å². The molecule has 0 saturated heterocycles. The van der Waals surface area contributed by atoms with Gasteiger partial charge in [-0.05, 0) is 82.4 Å². The highest BCUT2D eigenvalue weighted by atomic mass is 35.5. The standard InChI is InChI=1S/C28H39ClFN5.C2H4.C2H2/c1-18-10-12-24(30)27(21(18)4)22(5)28(25-15-20(3)31-32-25)34(8)17-35(14-13-33(6)7)26-16-23(29)11-9-19(26)2;2*1-2/h9-12,16,22,28,31H,3,13-15,17H2,1-2,4-8H3;1-2H2;1-2H.